The summed E-state index contributed by atoms with van der Waals surface area (Å²) in [5.74, 6) is -13.0. The van der Waals surface area contributed by atoms with Gasteiger partial charge in [0.1, 0.15) is 71.3 Å². The van der Waals surface area contributed by atoms with E-state index in [9.17, 15) is 93.0 Å². The zero-order valence-electron chi connectivity index (χ0n) is 64.3. The lowest BCUT2D eigenvalue weighted by Gasteiger charge is -2.39. The largest absolute Gasteiger partial charge is 0.508 e. The van der Waals surface area contributed by atoms with Crippen molar-refractivity contribution in [1.29, 1.82) is 0 Å². The van der Waals surface area contributed by atoms with Gasteiger partial charge in [0.2, 0.25) is 59.1 Å². The first kappa shape index (κ1) is 86.2. The number of nitrogens with one attached hydrogen (secondary N) is 7. The lowest BCUT2D eigenvalue weighted by atomic mass is 9.77. The number of carboxylic acids is 3. The summed E-state index contributed by atoms with van der Waals surface area (Å²) in [4.78, 5) is 203. The van der Waals surface area contributed by atoms with Crippen molar-refractivity contribution in [2.75, 3.05) is 57.0 Å². The van der Waals surface area contributed by atoms with Gasteiger partial charge in [-0.05, 0) is 163 Å². The normalized spacial score (nSPS) is 19.9. The van der Waals surface area contributed by atoms with Crippen LogP contribution in [0.4, 0.5) is 11.4 Å². The number of hydrogen-bond acceptors (Lipinski definition) is 23. The molecule has 11 atom stereocenters. The Bertz CT molecular complexity index is 4430. The SMILES string of the molecule is C[C@H](NC(=O)[C@@H](NC(=O)[C@@H]1CCCN1C(=O)[C@H](CCC(=O)O)NC(=O)[C@@H]1CCCN1C(=O)CCCCNC(=S)Nc1ccc2c(c1)C1(OC2=O)c2ccc(O)cc2Oc2cc(O)ccc21)[C@@H](C)O)C(=O)N1CCCC[C@H]1C(=O)N1CC[C@H](O/N=C\c2ccc(N(C)C)cc2)[C@H]1C(=O)N[C@@H](CCC(=O)O)C(=O)N[C@@H](CCC(=O)O)C(N)=O. The third-order valence-corrected chi connectivity index (χ3v) is 21.5. The van der Waals surface area contributed by atoms with Crippen LogP contribution in [0.1, 0.15) is 156 Å². The highest BCUT2D eigenvalue weighted by Gasteiger charge is 2.55. The van der Waals surface area contributed by atoms with E-state index in [4.69, 9.17) is 32.3 Å². The monoisotopic (exact) mass is 1630 g/mol. The summed E-state index contributed by atoms with van der Waals surface area (Å²) in [7, 11) is 3.70. The topological polar surface area (TPSA) is 527 Å². The van der Waals surface area contributed by atoms with Crippen LogP contribution in [0.15, 0.2) is 84.0 Å². The van der Waals surface area contributed by atoms with Gasteiger partial charge in [0.25, 0.3) is 0 Å². The fourth-order valence-electron chi connectivity index (χ4n) is 15.3. The van der Waals surface area contributed by atoms with Crippen molar-refractivity contribution < 1.29 is 112 Å². The lowest BCUT2D eigenvalue weighted by molar-refractivity contribution is -0.153. The molecule has 0 radical (unpaired) electrons. The molecule has 0 saturated carbocycles. The van der Waals surface area contributed by atoms with Crippen molar-refractivity contribution in [1.82, 2.24) is 51.5 Å². The molecule has 10 rings (SSSR count). The summed E-state index contributed by atoms with van der Waals surface area (Å²) in [6.45, 7) is 2.78. The molecule has 4 saturated heterocycles. The van der Waals surface area contributed by atoms with Crippen molar-refractivity contribution in [3.05, 3.63) is 107 Å². The molecule has 4 aromatic rings. The maximum atomic E-state index is 15.1. The molecule has 10 amide bonds. The number of piperidine rings is 1. The second-order valence-corrected chi connectivity index (χ2v) is 30.0. The summed E-state index contributed by atoms with van der Waals surface area (Å²) in [5, 5.41) is 83.5. The molecule has 15 N–H and O–H groups in total. The highest BCUT2D eigenvalue weighted by Crippen LogP contribution is 2.57. The number of anilines is 2. The van der Waals surface area contributed by atoms with E-state index in [0.29, 0.717) is 66.6 Å². The molecule has 6 aliphatic rings. The van der Waals surface area contributed by atoms with E-state index in [1.807, 2.05) is 31.1 Å². The number of aliphatic hydroxyl groups is 1. The van der Waals surface area contributed by atoms with Gasteiger partial charge in [0.05, 0.1) is 17.9 Å². The summed E-state index contributed by atoms with van der Waals surface area (Å²) in [6.07, 6.45) is -2.20. The minimum Gasteiger partial charge on any atom is -0.508 e. The number of oxime groups is 1. The first-order chi connectivity index (χ1) is 55.2. The number of esters is 1. The standard InChI is InChI=1S/C78H96N14O23S/c1-41(73(109)91-33-8-6-11-57(91)75(111)92-36-31-58(115-81-40-43-15-18-45(19-16-43)88(3)4)66(92)72(108)85-53(26-29-63(99)100)68(104)84-52(67(79)103)25-28-62(97)98)82-71(107)65(42(2)93)87-70(106)56-13-10-35-90(56)74(110)54(27-30-64(101)102)86-69(105)55-12-9-34-89(55)61(96)14-5-7-32-80-77(116)83-44-17-22-48-51(37-44)78(114-76(48)112)49-23-20-46(94)38-59(49)113-60-39-47(95)21-24-50(60)78/h15-24,37-42,52-58,65-66,93-95H,5-14,25-36H2,1-4H3,(H2,79,103)(H,82,107)(H,84,104)(H,85,108)(H,86,105)(H,87,106)(H,97,98)(H,99,100)(H,101,102)(H2,80,83,116)/b81-40-/t41-,42+,52-,53-,54-,55-,56-,57-,58-,65-,66-/m0/s1. The second-order valence-electron chi connectivity index (χ2n) is 29.6. The van der Waals surface area contributed by atoms with Crippen molar-refractivity contribution in [3.63, 3.8) is 0 Å². The number of likely N-dealkylation sites (tertiary alicyclic amines) is 4. The molecule has 0 bridgehead atoms. The Hall–Kier alpha value is -12.2. The predicted octanol–water partition coefficient (Wildman–Crippen LogP) is 1.48. The highest BCUT2D eigenvalue weighted by molar-refractivity contribution is 7.80. The minimum absolute atomic E-state index is 0.0218. The van der Waals surface area contributed by atoms with Crippen molar-refractivity contribution in [2.24, 2.45) is 10.9 Å². The molecule has 6 aliphatic heterocycles. The Morgan fingerprint density at radius 2 is 1.20 bits per heavy atom. The average Bonchev–Trinajstić information content (AvgIpc) is 1.50. The Morgan fingerprint density at radius 1 is 0.621 bits per heavy atom. The van der Waals surface area contributed by atoms with Crippen LogP contribution in [0.2, 0.25) is 0 Å². The number of carbonyl (C=O) groups is 14. The number of nitrogens with two attached hydrogens (primary N) is 1. The zero-order valence-corrected chi connectivity index (χ0v) is 65.1. The average molecular weight is 1630 g/mol. The van der Waals surface area contributed by atoms with Gasteiger partial charge in [0, 0.05) is 119 Å². The third kappa shape index (κ3) is 20.5. The van der Waals surface area contributed by atoms with E-state index in [1.165, 1.54) is 54.1 Å². The fourth-order valence-corrected chi connectivity index (χ4v) is 15.5. The Labute approximate surface area is 671 Å². The number of amides is 10. The number of aromatic hydroxyl groups is 2. The number of nitrogens with zero attached hydrogens (tertiary/aromatic N) is 6. The predicted molar refractivity (Wildman–Crippen MR) is 415 cm³/mol. The zero-order chi connectivity index (χ0) is 84.0. The summed E-state index contributed by atoms with van der Waals surface area (Å²) >= 11 is 5.64. The number of carbonyl (C=O) groups excluding carboxylic acids is 11. The molecule has 0 unspecified atom stereocenters. The molecule has 4 aromatic carbocycles. The number of aliphatic carboxylic acids is 3. The Morgan fingerprint density at radius 3 is 1.82 bits per heavy atom. The Kier molecular flexibility index (Phi) is 28.4. The molecule has 0 aromatic heterocycles. The number of ether oxygens (including phenoxy) is 2. The lowest BCUT2D eigenvalue weighted by Crippen LogP contribution is -2.62. The van der Waals surface area contributed by atoms with Crippen LogP contribution in [0.3, 0.4) is 0 Å². The van der Waals surface area contributed by atoms with Gasteiger partial charge in [-0.3, -0.25) is 62.3 Å². The molecule has 622 valence electrons. The number of hydrogen-bond donors (Lipinski definition) is 14. The van der Waals surface area contributed by atoms with Crippen LogP contribution in [0, 0.1) is 0 Å². The van der Waals surface area contributed by atoms with Crippen molar-refractivity contribution in [2.45, 2.75) is 195 Å². The smallest absolute Gasteiger partial charge is 0.340 e. The number of carboxylic acid groups (broad SMARTS) is 3. The molecule has 1 spiro atoms. The first-order valence-corrected chi connectivity index (χ1v) is 38.8. The molecule has 4 fully saturated rings. The van der Waals surface area contributed by atoms with Crippen molar-refractivity contribution >= 4 is 118 Å². The van der Waals surface area contributed by atoms with E-state index in [2.05, 4.69) is 42.4 Å². The molecular weight excluding hydrogens is 1530 g/mol. The fraction of sp³-hybridized carbons (Fsp3) is 0.487. The Balaban J connectivity index is 0.737. The van der Waals surface area contributed by atoms with E-state index in [0.717, 1.165) is 15.5 Å². The van der Waals surface area contributed by atoms with E-state index in [-0.39, 0.29) is 104 Å². The van der Waals surface area contributed by atoms with Gasteiger partial charge in [-0.25, -0.2) is 4.79 Å². The van der Waals surface area contributed by atoms with E-state index < -0.39 is 188 Å². The maximum Gasteiger partial charge on any atom is 0.340 e. The van der Waals surface area contributed by atoms with E-state index in [1.54, 1.807) is 42.5 Å². The summed E-state index contributed by atoms with van der Waals surface area (Å²) in [6, 6.07) is 7.72. The molecule has 0 aliphatic carbocycles. The van der Waals surface area contributed by atoms with Crippen LogP contribution >= 0.6 is 12.2 Å². The van der Waals surface area contributed by atoms with Crippen LogP contribution in [-0.2, 0) is 77.5 Å². The number of primary amides is 1. The molecule has 6 heterocycles. The molecule has 37 nitrogen and oxygen atoms in total. The third-order valence-electron chi connectivity index (χ3n) is 21.3. The van der Waals surface area contributed by atoms with Gasteiger partial charge in [0.15, 0.2) is 22.9 Å². The van der Waals surface area contributed by atoms with Crippen molar-refractivity contribution in [3.8, 4) is 23.0 Å². The van der Waals surface area contributed by atoms with Gasteiger partial charge in [-0.2, -0.15) is 0 Å². The van der Waals surface area contributed by atoms with Gasteiger partial charge in [-0.15, -0.1) is 0 Å². The number of thiocarbonyl (C=S) groups is 1. The number of unbranched alkanes of at least 4 members (excludes halogenated alkanes) is 1. The first-order valence-electron chi connectivity index (χ1n) is 38.3. The van der Waals surface area contributed by atoms with Gasteiger partial charge >= 0.3 is 23.9 Å². The number of rotatable bonds is 34. The molecule has 38 heteroatoms. The number of phenolic OH excluding ortho intramolecular Hbond substituents is 2. The number of benzene rings is 4. The quantitative estimate of drug-likeness (QED) is 0.0104. The molecule has 116 heavy (non-hydrogen) atoms. The van der Waals surface area contributed by atoms with Crippen LogP contribution in [0.5, 0.6) is 23.0 Å². The number of phenols is 2. The van der Waals surface area contributed by atoms with Crippen LogP contribution in [-0.4, -0.2) is 258 Å². The van der Waals surface area contributed by atoms with Crippen LogP contribution < -0.4 is 52.6 Å². The molecular formula is C78H96N14O23S. The maximum absolute atomic E-state index is 15.1. The number of fused-ring (bicyclic) bond motifs is 6. The number of aliphatic hydroxyl groups excluding tert-OH is 1. The van der Waals surface area contributed by atoms with Gasteiger partial charge in [-0.1, -0.05) is 17.3 Å². The highest BCUT2D eigenvalue weighted by atomic mass is 32.1. The van der Waals surface area contributed by atoms with Crippen LogP contribution in [0.25, 0.3) is 0 Å². The summed E-state index contributed by atoms with van der Waals surface area (Å²) < 4.78 is 12.2. The second kappa shape index (κ2) is 38.3. The summed E-state index contributed by atoms with van der Waals surface area (Å²) in [5.41, 5.74) is 7.50. The minimum atomic E-state index is -1.77. The van der Waals surface area contributed by atoms with E-state index >= 15 is 4.79 Å². The van der Waals surface area contributed by atoms with Gasteiger partial charge < -0.3 is 112 Å².